The van der Waals surface area contributed by atoms with Crippen molar-refractivity contribution in [2.24, 2.45) is 0 Å². The second-order valence-corrected chi connectivity index (χ2v) is 6.47. The van der Waals surface area contributed by atoms with Crippen LogP contribution in [-0.2, 0) is 13.0 Å². The van der Waals surface area contributed by atoms with Gasteiger partial charge in [-0.25, -0.2) is 0 Å². The lowest BCUT2D eigenvalue weighted by Gasteiger charge is -2.19. The highest BCUT2D eigenvalue weighted by molar-refractivity contribution is 9.10. The van der Waals surface area contributed by atoms with Crippen molar-refractivity contribution in [3.8, 4) is 0 Å². The predicted octanol–water partition coefficient (Wildman–Crippen LogP) is 4.60. The molecule has 2 aromatic rings. The molecule has 5 heteroatoms. The lowest BCUT2D eigenvalue weighted by atomic mass is 10.0. The molecule has 1 heterocycles. The summed E-state index contributed by atoms with van der Waals surface area (Å²) in [6.45, 7) is 6.15. The van der Waals surface area contributed by atoms with Crippen LogP contribution in [-0.4, -0.2) is 16.3 Å². The maximum absolute atomic E-state index is 6.18. The van der Waals surface area contributed by atoms with Crippen molar-refractivity contribution < 1.29 is 0 Å². The van der Waals surface area contributed by atoms with Gasteiger partial charge in [0, 0.05) is 28.3 Å². The summed E-state index contributed by atoms with van der Waals surface area (Å²) in [5.41, 5.74) is 2.44. The van der Waals surface area contributed by atoms with Crippen molar-refractivity contribution in [2.75, 3.05) is 6.54 Å². The Bertz CT molecular complexity index is 562. The lowest BCUT2D eigenvalue weighted by Crippen LogP contribution is -2.24. The lowest BCUT2D eigenvalue weighted by molar-refractivity contribution is 0.528. The number of benzene rings is 1. The maximum Gasteiger partial charge on any atom is 0.0522 e. The SMILES string of the molecule is CCCNC(Cc1cnn(CC)c1)c1cc(Cl)cc(Br)c1. The highest BCUT2D eigenvalue weighted by Crippen LogP contribution is 2.26. The van der Waals surface area contributed by atoms with E-state index in [4.69, 9.17) is 11.6 Å². The first-order chi connectivity index (χ1) is 10.1. The number of halogens is 2. The van der Waals surface area contributed by atoms with Crippen LogP contribution in [0.15, 0.2) is 35.1 Å². The van der Waals surface area contributed by atoms with E-state index < -0.39 is 0 Å². The van der Waals surface area contributed by atoms with Crippen molar-refractivity contribution >= 4 is 27.5 Å². The number of hydrogen-bond donors (Lipinski definition) is 1. The standard InChI is InChI=1S/C16H21BrClN3/c1-3-5-19-16(6-12-10-20-21(4-2)11-12)13-7-14(17)9-15(18)8-13/h7-11,16,19H,3-6H2,1-2H3. The molecular weight excluding hydrogens is 350 g/mol. The third kappa shape index (κ3) is 4.83. The predicted molar refractivity (Wildman–Crippen MR) is 91.8 cm³/mol. The van der Waals surface area contributed by atoms with E-state index in [1.165, 1.54) is 11.1 Å². The highest BCUT2D eigenvalue weighted by atomic mass is 79.9. The van der Waals surface area contributed by atoms with Gasteiger partial charge in [-0.1, -0.05) is 34.5 Å². The molecule has 2 rings (SSSR count). The van der Waals surface area contributed by atoms with Crippen LogP contribution in [0.2, 0.25) is 5.02 Å². The number of hydrogen-bond acceptors (Lipinski definition) is 2. The van der Waals surface area contributed by atoms with Crippen LogP contribution in [0, 0.1) is 0 Å². The quantitative estimate of drug-likeness (QED) is 0.772. The van der Waals surface area contributed by atoms with Crippen molar-refractivity contribution in [1.82, 2.24) is 15.1 Å². The summed E-state index contributed by atoms with van der Waals surface area (Å²) in [5, 5.41) is 8.71. The normalized spacial score (nSPS) is 12.6. The second kappa shape index (κ2) is 7.97. The number of aromatic nitrogens is 2. The van der Waals surface area contributed by atoms with E-state index in [-0.39, 0.29) is 6.04 Å². The Morgan fingerprint density at radius 3 is 2.76 bits per heavy atom. The molecule has 0 bridgehead atoms. The van der Waals surface area contributed by atoms with Crippen LogP contribution in [0.1, 0.15) is 37.4 Å². The molecule has 1 atom stereocenters. The van der Waals surface area contributed by atoms with E-state index in [0.29, 0.717) is 0 Å². The van der Waals surface area contributed by atoms with Gasteiger partial charge in [-0.3, -0.25) is 4.68 Å². The minimum absolute atomic E-state index is 0.245. The third-order valence-electron chi connectivity index (χ3n) is 3.38. The molecule has 3 nitrogen and oxygen atoms in total. The number of aryl methyl sites for hydroxylation is 1. The topological polar surface area (TPSA) is 29.9 Å². The van der Waals surface area contributed by atoms with E-state index in [1.54, 1.807) is 0 Å². The molecule has 0 fully saturated rings. The van der Waals surface area contributed by atoms with Crippen molar-refractivity contribution in [2.45, 2.75) is 39.3 Å². The molecular formula is C16H21BrClN3. The average Bonchev–Trinajstić information content (AvgIpc) is 2.90. The van der Waals surface area contributed by atoms with Crippen LogP contribution in [0.3, 0.4) is 0 Å². The summed E-state index contributed by atoms with van der Waals surface area (Å²) < 4.78 is 2.97. The molecule has 21 heavy (non-hydrogen) atoms. The van der Waals surface area contributed by atoms with Crippen LogP contribution >= 0.6 is 27.5 Å². The molecule has 0 saturated carbocycles. The fraction of sp³-hybridized carbons (Fsp3) is 0.438. The summed E-state index contributed by atoms with van der Waals surface area (Å²) in [6, 6.07) is 6.32. The van der Waals surface area contributed by atoms with Gasteiger partial charge in [0.05, 0.1) is 6.20 Å². The minimum atomic E-state index is 0.245. The average molecular weight is 371 g/mol. The Hall–Kier alpha value is -0.840. The maximum atomic E-state index is 6.18. The van der Waals surface area contributed by atoms with Gasteiger partial charge in [-0.2, -0.15) is 5.10 Å². The van der Waals surface area contributed by atoms with Gasteiger partial charge in [0.2, 0.25) is 0 Å². The second-order valence-electron chi connectivity index (χ2n) is 5.12. The molecule has 0 amide bonds. The molecule has 114 valence electrons. The molecule has 1 aromatic heterocycles. The molecule has 0 saturated heterocycles. The summed E-state index contributed by atoms with van der Waals surface area (Å²) in [4.78, 5) is 0. The van der Waals surface area contributed by atoms with Gasteiger partial charge in [-0.15, -0.1) is 0 Å². The Kier molecular flexibility index (Phi) is 6.27. The monoisotopic (exact) mass is 369 g/mol. The van der Waals surface area contributed by atoms with Crippen molar-refractivity contribution in [3.05, 3.63) is 51.2 Å². The summed E-state index contributed by atoms with van der Waals surface area (Å²) in [5.74, 6) is 0. The number of rotatable bonds is 7. The van der Waals surface area contributed by atoms with Crippen LogP contribution in [0.4, 0.5) is 0 Å². The molecule has 1 unspecified atom stereocenters. The van der Waals surface area contributed by atoms with Crippen LogP contribution in [0.5, 0.6) is 0 Å². The first kappa shape index (κ1) is 16.5. The fourth-order valence-corrected chi connectivity index (χ4v) is 3.21. The van der Waals surface area contributed by atoms with Gasteiger partial charge < -0.3 is 5.32 Å². The molecule has 0 aliphatic heterocycles. The van der Waals surface area contributed by atoms with E-state index in [2.05, 4.69) is 52.5 Å². The van der Waals surface area contributed by atoms with Crippen molar-refractivity contribution in [1.29, 1.82) is 0 Å². The van der Waals surface area contributed by atoms with Gasteiger partial charge in [0.25, 0.3) is 0 Å². The summed E-state index contributed by atoms with van der Waals surface area (Å²) >= 11 is 9.71. The Balaban J connectivity index is 2.20. The summed E-state index contributed by atoms with van der Waals surface area (Å²) in [6.07, 6.45) is 6.07. The molecule has 0 radical (unpaired) electrons. The fourth-order valence-electron chi connectivity index (χ4n) is 2.32. The Labute approximate surface area is 139 Å². The van der Waals surface area contributed by atoms with E-state index in [1.807, 2.05) is 23.0 Å². The first-order valence-electron chi connectivity index (χ1n) is 7.33. The smallest absolute Gasteiger partial charge is 0.0522 e. The number of nitrogens with one attached hydrogen (secondary N) is 1. The van der Waals surface area contributed by atoms with Gasteiger partial charge >= 0.3 is 0 Å². The van der Waals surface area contributed by atoms with E-state index in [0.717, 1.165) is 35.4 Å². The highest BCUT2D eigenvalue weighted by Gasteiger charge is 2.14. The molecule has 0 aliphatic rings. The van der Waals surface area contributed by atoms with Crippen molar-refractivity contribution in [3.63, 3.8) is 0 Å². The van der Waals surface area contributed by atoms with Gasteiger partial charge in [0.1, 0.15) is 0 Å². The zero-order chi connectivity index (χ0) is 15.2. The number of nitrogens with zero attached hydrogens (tertiary/aromatic N) is 2. The molecule has 1 aromatic carbocycles. The molecule has 0 aliphatic carbocycles. The molecule has 0 spiro atoms. The summed E-state index contributed by atoms with van der Waals surface area (Å²) in [7, 11) is 0. The van der Waals surface area contributed by atoms with Crippen LogP contribution in [0.25, 0.3) is 0 Å². The van der Waals surface area contributed by atoms with Gasteiger partial charge in [0.15, 0.2) is 0 Å². The first-order valence-corrected chi connectivity index (χ1v) is 8.50. The minimum Gasteiger partial charge on any atom is -0.310 e. The third-order valence-corrected chi connectivity index (χ3v) is 4.05. The molecule has 1 N–H and O–H groups in total. The Morgan fingerprint density at radius 1 is 1.33 bits per heavy atom. The van der Waals surface area contributed by atoms with E-state index in [9.17, 15) is 0 Å². The zero-order valence-electron chi connectivity index (χ0n) is 12.4. The zero-order valence-corrected chi connectivity index (χ0v) is 14.8. The van der Waals surface area contributed by atoms with Crippen LogP contribution < -0.4 is 5.32 Å². The van der Waals surface area contributed by atoms with Gasteiger partial charge in [-0.05, 0) is 55.6 Å². The van der Waals surface area contributed by atoms with E-state index >= 15 is 0 Å². The largest absolute Gasteiger partial charge is 0.310 e. The Morgan fingerprint density at radius 2 is 2.14 bits per heavy atom.